The van der Waals surface area contributed by atoms with Crippen LogP contribution in [0.15, 0.2) is 30.3 Å². The second-order valence-corrected chi connectivity index (χ2v) is 3.96. The van der Waals surface area contributed by atoms with E-state index in [4.69, 9.17) is 4.74 Å². The van der Waals surface area contributed by atoms with Crippen LogP contribution in [0.1, 0.15) is 12.5 Å². The summed E-state index contributed by atoms with van der Waals surface area (Å²) in [5.41, 5.74) is 1.23. The van der Waals surface area contributed by atoms with Crippen molar-refractivity contribution in [3.05, 3.63) is 35.9 Å². The molecule has 1 unspecified atom stereocenters. The van der Waals surface area contributed by atoms with E-state index in [2.05, 4.69) is 29.7 Å². The molecule has 3 nitrogen and oxygen atoms in total. The number of benzene rings is 1. The molecule has 0 aliphatic carbocycles. The van der Waals surface area contributed by atoms with Crippen molar-refractivity contribution < 1.29 is 4.74 Å². The maximum atomic E-state index is 5.63. The fourth-order valence-electron chi connectivity index (χ4n) is 1.43. The third-order valence-electron chi connectivity index (χ3n) is 2.35. The first-order chi connectivity index (χ1) is 7.83. The van der Waals surface area contributed by atoms with E-state index in [0.29, 0.717) is 12.6 Å². The quantitative estimate of drug-likeness (QED) is 0.652. The second-order valence-electron chi connectivity index (χ2n) is 3.96. The number of hydrogen-bond acceptors (Lipinski definition) is 3. The summed E-state index contributed by atoms with van der Waals surface area (Å²) in [5, 5.41) is 6.48. The highest BCUT2D eigenvalue weighted by atomic mass is 16.5. The first-order valence-electron chi connectivity index (χ1n) is 5.82. The summed E-state index contributed by atoms with van der Waals surface area (Å²) in [5.74, 6) is 0. The van der Waals surface area contributed by atoms with E-state index in [0.717, 1.165) is 19.7 Å². The lowest BCUT2D eigenvalue weighted by Gasteiger charge is -2.13. The Morgan fingerprint density at radius 1 is 1.19 bits per heavy atom. The SMILES string of the molecule is CNCCNC(C)COCc1ccccc1. The van der Waals surface area contributed by atoms with Gasteiger partial charge < -0.3 is 15.4 Å². The van der Waals surface area contributed by atoms with Crippen LogP contribution in [0, 0.1) is 0 Å². The van der Waals surface area contributed by atoms with Gasteiger partial charge in [-0.3, -0.25) is 0 Å². The van der Waals surface area contributed by atoms with E-state index >= 15 is 0 Å². The Balaban J connectivity index is 2.06. The highest BCUT2D eigenvalue weighted by molar-refractivity contribution is 5.13. The molecular formula is C13H22N2O. The standard InChI is InChI=1S/C13H22N2O/c1-12(15-9-8-14-2)10-16-11-13-6-4-3-5-7-13/h3-7,12,14-15H,8-11H2,1-2H3. The molecule has 2 N–H and O–H groups in total. The van der Waals surface area contributed by atoms with Crippen LogP contribution in [0.5, 0.6) is 0 Å². The third-order valence-corrected chi connectivity index (χ3v) is 2.35. The molecule has 0 radical (unpaired) electrons. The lowest BCUT2D eigenvalue weighted by atomic mass is 10.2. The van der Waals surface area contributed by atoms with Gasteiger partial charge in [0.15, 0.2) is 0 Å². The normalized spacial score (nSPS) is 12.6. The van der Waals surface area contributed by atoms with Crippen LogP contribution in [-0.4, -0.2) is 32.8 Å². The highest BCUT2D eigenvalue weighted by Gasteiger charge is 2.00. The fraction of sp³-hybridized carbons (Fsp3) is 0.538. The summed E-state index contributed by atoms with van der Waals surface area (Å²) in [6, 6.07) is 10.7. The first-order valence-corrected chi connectivity index (χ1v) is 5.82. The topological polar surface area (TPSA) is 33.3 Å². The number of ether oxygens (including phenoxy) is 1. The van der Waals surface area contributed by atoms with E-state index in [9.17, 15) is 0 Å². The predicted octanol–water partition coefficient (Wildman–Crippen LogP) is 1.40. The van der Waals surface area contributed by atoms with Gasteiger partial charge in [-0.15, -0.1) is 0 Å². The molecule has 1 rings (SSSR count). The molecule has 0 aliphatic heterocycles. The van der Waals surface area contributed by atoms with Gasteiger partial charge in [-0.2, -0.15) is 0 Å². The van der Waals surface area contributed by atoms with Gasteiger partial charge in [0, 0.05) is 19.1 Å². The minimum Gasteiger partial charge on any atom is -0.375 e. The molecule has 0 bridgehead atoms. The average Bonchev–Trinajstić information content (AvgIpc) is 2.31. The summed E-state index contributed by atoms with van der Waals surface area (Å²) in [6.07, 6.45) is 0. The second kappa shape index (κ2) is 8.28. The lowest BCUT2D eigenvalue weighted by molar-refractivity contribution is 0.103. The van der Waals surface area contributed by atoms with Crippen LogP contribution in [0.3, 0.4) is 0 Å². The Hall–Kier alpha value is -0.900. The Bertz CT molecular complexity index is 264. The number of likely N-dealkylation sites (N-methyl/N-ethyl adjacent to an activating group) is 1. The predicted molar refractivity (Wildman–Crippen MR) is 67.5 cm³/mol. The Labute approximate surface area is 98.2 Å². The summed E-state index contributed by atoms with van der Waals surface area (Å²) in [6.45, 7) is 5.55. The van der Waals surface area contributed by atoms with Crippen molar-refractivity contribution in [2.24, 2.45) is 0 Å². The molecule has 0 fully saturated rings. The van der Waals surface area contributed by atoms with Gasteiger partial charge in [-0.05, 0) is 19.5 Å². The van der Waals surface area contributed by atoms with Crippen molar-refractivity contribution in [3.8, 4) is 0 Å². The van der Waals surface area contributed by atoms with Crippen molar-refractivity contribution in [2.75, 3.05) is 26.7 Å². The molecule has 1 aromatic carbocycles. The maximum absolute atomic E-state index is 5.63. The molecule has 3 heteroatoms. The molecular weight excluding hydrogens is 200 g/mol. The van der Waals surface area contributed by atoms with Crippen LogP contribution in [-0.2, 0) is 11.3 Å². The van der Waals surface area contributed by atoms with Crippen LogP contribution in [0.2, 0.25) is 0 Å². The first kappa shape index (κ1) is 13.2. The van der Waals surface area contributed by atoms with Crippen LogP contribution in [0.25, 0.3) is 0 Å². The van der Waals surface area contributed by atoms with Crippen molar-refractivity contribution in [1.29, 1.82) is 0 Å². The maximum Gasteiger partial charge on any atom is 0.0717 e. The molecule has 0 saturated heterocycles. The summed E-state index contributed by atoms with van der Waals surface area (Å²) in [4.78, 5) is 0. The van der Waals surface area contributed by atoms with E-state index in [-0.39, 0.29) is 0 Å². The minimum absolute atomic E-state index is 0.400. The van der Waals surface area contributed by atoms with Gasteiger partial charge in [0.05, 0.1) is 13.2 Å². The molecule has 0 heterocycles. The molecule has 16 heavy (non-hydrogen) atoms. The molecule has 0 aromatic heterocycles. The Kier molecular flexibility index (Phi) is 6.81. The lowest BCUT2D eigenvalue weighted by Crippen LogP contribution is -2.35. The molecule has 0 spiro atoms. The molecule has 1 aromatic rings. The summed E-state index contributed by atoms with van der Waals surface area (Å²) < 4.78 is 5.63. The average molecular weight is 222 g/mol. The van der Waals surface area contributed by atoms with Gasteiger partial charge in [0.1, 0.15) is 0 Å². The zero-order valence-corrected chi connectivity index (χ0v) is 10.2. The van der Waals surface area contributed by atoms with Crippen molar-refractivity contribution in [1.82, 2.24) is 10.6 Å². The minimum atomic E-state index is 0.400. The van der Waals surface area contributed by atoms with Crippen LogP contribution < -0.4 is 10.6 Å². The largest absolute Gasteiger partial charge is 0.375 e. The number of rotatable bonds is 8. The van der Waals surface area contributed by atoms with Crippen LogP contribution in [0.4, 0.5) is 0 Å². The van der Waals surface area contributed by atoms with E-state index in [1.54, 1.807) is 0 Å². The monoisotopic (exact) mass is 222 g/mol. The van der Waals surface area contributed by atoms with Crippen molar-refractivity contribution in [2.45, 2.75) is 19.6 Å². The highest BCUT2D eigenvalue weighted by Crippen LogP contribution is 2.00. The van der Waals surface area contributed by atoms with Gasteiger partial charge in [-0.1, -0.05) is 30.3 Å². The third kappa shape index (κ3) is 5.85. The smallest absolute Gasteiger partial charge is 0.0717 e. The Morgan fingerprint density at radius 2 is 1.94 bits per heavy atom. The number of nitrogens with one attached hydrogen (secondary N) is 2. The molecule has 90 valence electrons. The van der Waals surface area contributed by atoms with Gasteiger partial charge in [0.25, 0.3) is 0 Å². The Morgan fingerprint density at radius 3 is 2.62 bits per heavy atom. The van der Waals surface area contributed by atoms with Crippen molar-refractivity contribution in [3.63, 3.8) is 0 Å². The van der Waals surface area contributed by atoms with E-state index < -0.39 is 0 Å². The zero-order chi connectivity index (χ0) is 11.6. The zero-order valence-electron chi connectivity index (χ0n) is 10.2. The number of hydrogen-bond donors (Lipinski definition) is 2. The molecule has 1 atom stereocenters. The van der Waals surface area contributed by atoms with E-state index in [1.807, 2.05) is 25.2 Å². The van der Waals surface area contributed by atoms with Gasteiger partial charge >= 0.3 is 0 Å². The molecule has 0 saturated carbocycles. The summed E-state index contributed by atoms with van der Waals surface area (Å²) in [7, 11) is 1.96. The molecule has 0 aliphatic rings. The van der Waals surface area contributed by atoms with Gasteiger partial charge in [0.2, 0.25) is 0 Å². The van der Waals surface area contributed by atoms with Crippen LogP contribution >= 0.6 is 0 Å². The van der Waals surface area contributed by atoms with Gasteiger partial charge in [-0.25, -0.2) is 0 Å². The molecule has 0 amide bonds. The fourth-order valence-corrected chi connectivity index (χ4v) is 1.43. The summed E-state index contributed by atoms with van der Waals surface area (Å²) >= 11 is 0. The van der Waals surface area contributed by atoms with E-state index in [1.165, 1.54) is 5.56 Å². The van der Waals surface area contributed by atoms with Crippen molar-refractivity contribution >= 4 is 0 Å².